The molecule has 284 valence electrons. The molecule has 11 aromatic rings. The van der Waals surface area contributed by atoms with Gasteiger partial charge in [0, 0.05) is 55.4 Å². The predicted molar refractivity (Wildman–Crippen MR) is 253 cm³/mol. The molecule has 3 heterocycles. The molecule has 0 amide bonds. The third-order valence-corrected chi connectivity index (χ3v) is 12.1. The van der Waals surface area contributed by atoms with Crippen LogP contribution in [0.3, 0.4) is 0 Å². The fourth-order valence-corrected chi connectivity index (χ4v) is 9.50. The highest BCUT2D eigenvalue weighted by molar-refractivity contribution is 14.1. The summed E-state index contributed by atoms with van der Waals surface area (Å²) >= 11 is 2.29. The Morgan fingerprint density at radius 1 is 0.407 bits per heavy atom. The van der Waals surface area contributed by atoms with Crippen LogP contribution in [-0.4, -0.2) is 25.5 Å². The molecule has 0 saturated heterocycles. The molecule has 0 fully saturated rings. The van der Waals surface area contributed by atoms with Crippen LogP contribution in [0.1, 0.15) is 34.6 Å². The van der Waals surface area contributed by atoms with Crippen LogP contribution in [0.15, 0.2) is 182 Å². The van der Waals surface area contributed by atoms with E-state index in [2.05, 4.69) is 161 Å². The van der Waals surface area contributed by atoms with Crippen molar-refractivity contribution < 1.29 is 9.59 Å². The van der Waals surface area contributed by atoms with Gasteiger partial charge in [0.25, 0.3) is 0 Å². The molecule has 0 spiro atoms. The van der Waals surface area contributed by atoms with E-state index in [0.29, 0.717) is 0 Å². The zero-order valence-corrected chi connectivity index (χ0v) is 34.7. The van der Waals surface area contributed by atoms with Crippen LogP contribution in [-0.2, 0) is 6.42 Å². The monoisotopic (exact) mass is 875 g/mol. The zero-order chi connectivity index (χ0) is 40.2. The van der Waals surface area contributed by atoms with Crippen LogP contribution in [0.4, 0.5) is 0 Å². The molecular formula is C53H38IN3O2. The standard InChI is InChI=1S/C26H18N2O.C14H10INO.C13H10/c1-17(29)27-23-11-5-4-10-21(23)22-16-18(14-15-26(22)27)28-24-12-6-2-8-19(24)20-9-3-7-13-25(20)28;1-9(17)16-13-5-3-2-4-11(13)12-8-10(15)6-7-14(12)16;1-3-7-12-10(5-1)9-11-6-2-4-8-13(11)12/h2-16H,1H3;2-8H,1H3;1-8H,9H2. The molecule has 59 heavy (non-hydrogen) atoms. The van der Waals surface area contributed by atoms with Gasteiger partial charge in [0.05, 0.1) is 33.1 Å². The van der Waals surface area contributed by atoms with Gasteiger partial charge in [-0.05, 0) is 112 Å². The van der Waals surface area contributed by atoms with Crippen LogP contribution in [0.2, 0.25) is 0 Å². The molecule has 12 rings (SSSR count). The SMILES string of the molecule is CC(=O)n1c2ccccc2c2cc(-n3c4ccccc4c4ccccc43)ccc21.CC(=O)n1c2ccccc2c2cc(I)ccc21.c1ccc2c(c1)Cc1ccccc1-2. The lowest BCUT2D eigenvalue weighted by Gasteiger charge is -2.09. The van der Waals surface area contributed by atoms with E-state index in [9.17, 15) is 9.59 Å². The van der Waals surface area contributed by atoms with Crippen LogP contribution in [0.5, 0.6) is 0 Å². The normalized spacial score (nSPS) is 11.7. The van der Waals surface area contributed by atoms with Gasteiger partial charge in [0.2, 0.25) is 11.8 Å². The van der Waals surface area contributed by atoms with Gasteiger partial charge >= 0.3 is 0 Å². The maximum atomic E-state index is 12.4. The summed E-state index contributed by atoms with van der Waals surface area (Å²) in [5.41, 5.74) is 13.1. The molecular weight excluding hydrogens is 838 g/mol. The number of halogens is 1. The number of rotatable bonds is 1. The predicted octanol–water partition coefficient (Wildman–Crippen LogP) is 13.9. The molecule has 1 aliphatic rings. The number of hydrogen-bond acceptors (Lipinski definition) is 2. The minimum Gasteiger partial charge on any atom is -0.309 e. The van der Waals surface area contributed by atoms with Crippen molar-refractivity contribution in [2.45, 2.75) is 20.3 Å². The highest BCUT2D eigenvalue weighted by Gasteiger charge is 2.18. The van der Waals surface area contributed by atoms with E-state index < -0.39 is 0 Å². The Kier molecular flexibility index (Phi) is 9.22. The first-order chi connectivity index (χ1) is 28.9. The van der Waals surface area contributed by atoms with E-state index in [4.69, 9.17) is 0 Å². The van der Waals surface area contributed by atoms with E-state index in [-0.39, 0.29) is 11.8 Å². The quantitative estimate of drug-likeness (QED) is 0.154. The summed E-state index contributed by atoms with van der Waals surface area (Å²) < 4.78 is 7.08. The second-order valence-electron chi connectivity index (χ2n) is 15.0. The third-order valence-electron chi connectivity index (χ3n) is 11.5. The van der Waals surface area contributed by atoms with Crippen molar-refractivity contribution in [1.29, 1.82) is 0 Å². The molecule has 0 bridgehead atoms. The number of carbonyl (C=O) groups excluding carboxylic acids is 2. The van der Waals surface area contributed by atoms with Gasteiger partial charge in [-0.15, -0.1) is 0 Å². The average Bonchev–Trinajstić information content (AvgIpc) is 4.00. The van der Waals surface area contributed by atoms with Gasteiger partial charge in [-0.1, -0.05) is 121 Å². The highest BCUT2D eigenvalue weighted by atomic mass is 127. The lowest BCUT2D eigenvalue weighted by atomic mass is 10.1. The van der Waals surface area contributed by atoms with Crippen LogP contribution in [0.25, 0.3) is 82.2 Å². The van der Waals surface area contributed by atoms with E-state index in [1.54, 1.807) is 23.0 Å². The van der Waals surface area contributed by atoms with Gasteiger partial charge in [-0.3, -0.25) is 18.7 Å². The molecule has 5 nitrogen and oxygen atoms in total. The van der Waals surface area contributed by atoms with Crippen LogP contribution < -0.4 is 0 Å². The molecule has 3 aromatic heterocycles. The van der Waals surface area contributed by atoms with E-state index in [1.165, 1.54) is 47.6 Å². The summed E-state index contributed by atoms with van der Waals surface area (Å²) in [7, 11) is 0. The Balaban J connectivity index is 0.000000118. The first-order valence-electron chi connectivity index (χ1n) is 19.8. The van der Waals surface area contributed by atoms with Gasteiger partial charge in [-0.25, -0.2) is 0 Å². The number of benzene rings is 8. The van der Waals surface area contributed by atoms with Crippen molar-refractivity contribution in [2.24, 2.45) is 0 Å². The Bertz CT molecular complexity index is 3360. The number of hydrogen-bond donors (Lipinski definition) is 0. The summed E-state index contributed by atoms with van der Waals surface area (Å²) in [4.78, 5) is 24.1. The third kappa shape index (κ3) is 6.22. The lowest BCUT2D eigenvalue weighted by molar-refractivity contribution is 0.0937. The van der Waals surface area contributed by atoms with Crippen LogP contribution >= 0.6 is 22.6 Å². The van der Waals surface area contributed by atoms with Crippen molar-refractivity contribution in [2.75, 3.05) is 0 Å². The van der Waals surface area contributed by atoms with E-state index >= 15 is 0 Å². The lowest BCUT2D eigenvalue weighted by Crippen LogP contribution is -2.04. The Hall–Kier alpha value is -6.77. The van der Waals surface area contributed by atoms with Crippen molar-refractivity contribution in [1.82, 2.24) is 13.7 Å². The molecule has 1 aliphatic carbocycles. The number of para-hydroxylation sites is 4. The highest BCUT2D eigenvalue weighted by Crippen LogP contribution is 2.37. The van der Waals surface area contributed by atoms with Crippen LogP contribution in [0, 0.1) is 3.57 Å². The molecule has 0 saturated carbocycles. The topological polar surface area (TPSA) is 48.9 Å². The summed E-state index contributed by atoms with van der Waals surface area (Å²) in [6.07, 6.45) is 1.10. The molecule has 0 N–H and O–H groups in total. The summed E-state index contributed by atoms with van der Waals surface area (Å²) in [6.45, 7) is 3.22. The molecule has 6 heteroatoms. The Morgan fingerprint density at radius 2 is 0.780 bits per heavy atom. The van der Waals surface area contributed by atoms with Gasteiger partial charge in [0.1, 0.15) is 0 Å². The van der Waals surface area contributed by atoms with Crippen molar-refractivity contribution in [3.05, 3.63) is 197 Å². The minimum absolute atomic E-state index is 0.0285. The van der Waals surface area contributed by atoms with Crippen molar-refractivity contribution >= 4 is 99.8 Å². The summed E-state index contributed by atoms with van der Waals surface area (Å²) in [5.74, 6) is 0.0817. The largest absolute Gasteiger partial charge is 0.309 e. The fourth-order valence-electron chi connectivity index (χ4n) is 9.00. The van der Waals surface area contributed by atoms with Gasteiger partial charge in [-0.2, -0.15) is 0 Å². The molecule has 8 aromatic carbocycles. The van der Waals surface area contributed by atoms with Crippen molar-refractivity contribution in [3.63, 3.8) is 0 Å². The molecule has 0 unspecified atom stereocenters. The Morgan fingerprint density at radius 3 is 1.27 bits per heavy atom. The Labute approximate surface area is 354 Å². The second kappa shape index (κ2) is 14.9. The smallest absolute Gasteiger partial charge is 0.228 e. The second-order valence-corrected chi connectivity index (χ2v) is 16.2. The minimum atomic E-state index is 0.0285. The number of carbonyl (C=O) groups is 2. The maximum Gasteiger partial charge on any atom is 0.228 e. The number of fused-ring (bicyclic) bond motifs is 12. The van der Waals surface area contributed by atoms with Gasteiger partial charge < -0.3 is 4.57 Å². The summed E-state index contributed by atoms with van der Waals surface area (Å²) in [6, 6.07) is 63.0. The molecule has 0 radical (unpaired) electrons. The first kappa shape index (κ1) is 36.6. The van der Waals surface area contributed by atoms with E-state index in [1.807, 2.05) is 48.5 Å². The number of nitrogens with zero attached hydrogens (tertiary/aromatic N) is 3. The van der Waals surface area contributed by atoms with Gasteiger partial charge in [0.15, 0.2) is 0 Å². The molecule has 0 atom stereocenters. The molecule has 0 aliphatic heterocycles. The fraction of sp³-hybridized carbons (Fsp3) is 0.0566. The first-order valence-corrected chi connectivity index (χ1v) is 20.8. The van der Waals surface area contributed by atoms with E-state index in [0.717, 1.165) is 55.7 Å². The van der Waals surface area contributed by atoms with Crippen molar-refractivity contribution in [3.8, 4) is 16.8 Å². The summed E-state index contributed by atoms with van der Waals surface area (Å²) in [5, 5.41) is 6.96. The zero-order valence-electron chi connectivity index (χ0n) is 32.6. The average molecular weight is 876 g/mol. The number of aromatic nitrogens is 3. The maximum absolute atomic E-state index is 12.4.